The summed E-state index contributed by atoms with van der Waals surface area (Å²) in [6, 6.07) is 61.5. The molecule has 10 aromatic rings. The SMILES string of the molecule is Nc1c(N)c(-c2ccc(N(c3ccccc3)C3C=CC(n4c5ccccc5c5ccccc54)=CC3)s2)c2nsnc2c1-c1ccc(N(c2ccccc2)c2ccccc2)cc1. The first-order chi connectivity index (χ1) is 30.1. The molecule has 1 unspecified atom stereocenters. The molecule has 0 saturated carbocycles. The molecular formula is C52H39N7S2. The predicted octanol–water partition coefficient (Wildman–Crippen LogP) is 13.8. The summed E-state index contributed by atoms with van der Waals surface area (Å²) < 4.78 is 12.1. The van der Waals surface area contributed by atoms with Gasteiger partial charge in [0, 0.05) is 55.2 Å². The minimum Gasteiger partial charge on any atom is -0.396 e. The van der Waals surface area contributed by atoms with Crippen molar-refractivity contribution in [1.29, 1.82) is 0 Å². The number of hydrogen-bond donors (Lipinski definition) is 2. The number of nitrogens with two attached hydrogens (primary N) is 2. The van der Waals surface area contributed by atoms with Gasteiger partial charge in [-0.15, -0.1) is 11.3 Å². The van der Waals surface area contributed by atoms with E-state index in [9.17, 15) is 0 Å². The van der Waals surface area contributed by atoms with Crippen molar-refractivity contribution >= 4 is 101 Å². The fourth-order valence-corrected chi connectivity index (χ4v) is 10.5. The first kappa shape index (κ1) is 36.6. The molecule has 0 amide bonds. The van der Waals surface area contributed by atoms with Crippen molar-refractivity contribution in [1.82, 2.24) is 13.3 Å². The second-order valence-electron chi connectivity index (χ2n) is 15.1. The van der Waals surface area contributed by atoms with Crippen molar-refractivity contribution in [3.05, 3.63) is 194 Å². The zero-order valence-electron chi connectivity index (χ0n) is 33.0. The topological polar surface area (TPSA) is 89.2 Å². The molecule has 4 N–H and O–H groups in total. The number of para-hydroxylation sites is 5. The number of fused-ring (bicyclic) bond motifs is 4. The van der Waals surface area contributed by atoms with E-state index in [4.69, 9.17) is 20.2 Å². The fourth-order valence-electron chi connectivity index (χ4n) is 8.78. The molecule has 0 saturated heterocycles. The Morgan fingerprint density at radius 2 is 1.07 bits per heavy atom. The number of nitrogens with zero attached hydrogens (tertiary/aromatic N) is 5. The Morgan fingerprint density at radius 1 is 0.541 bits per heavy atom. The van der Waals surface area contributed by atoms with Gasteiger partial charge in [0.15, 0.2) is 0 Å². The monoisotopic (exact) mass is 825 g/mol. The summed E-state index contributed by atoms with van der Waals surface area (Å²) in [5.74, 6) is 0. The number of anilines is 7. The summed E-state index contributed by atoms with van der Waals surface area (Å²) in [4.78, 5) is 5.65. The molecule has 1 atom stereocenters. The van der Waals surface area contributed by atoms with Gasteiger partial charge in [-0.25, -0.2) is 0 Å². The van der Waals surface area contributed by atoms with E-state index in [-0.39, 0.29) is 6.04 Å². The van der Waals surface area contributed by atoms with Gasteiger partial charge in [0.05, 0.1) is 45.2 Å². The van der Waals surface area contributed by atoms with E-state index in [1.807, 2.05) is 12.1 Å². The maximum absolute atomic E-state index is 7.06. The van der Waals surface area contributed by atoms with Gasteiger partial charge >= 0.3 is 0 Å². The number of hydrogen-bond acceptors (Lipinski definition) is 8. The van der Waals surface area contributed by atoms with Crippen LogP contribution in [-0.2, 0) is 0 Å². The second kappa shape index (κ2) is 15.3. The molecule has 1 aliphatic rings. The molecular weight excluding hydrogens is 787 g/mol. The molecule has 1 aliphatic carbocycles. The molecule has 3 aromatic heterocycles. The van der Waals surface area contributed by atoms with Crippen molar-refractivity contribution in [3.63, 3.8) is 0 Å². The Bertz CT molecular complexity index is 3160. The van der Waals surface area contributed by atoms with E-state index in [0.717, 1.165) is 66.8 Å². The van der Waals surface area contributed by atoms with Gasteiger partial charge < -0.3 is 25.8 Å². The quantitative estimate of drug-likeness (QED) is 0.141. The van der Waals surface area contributed by atoms with Gasteiger partial charge in [-0.2, -0.15) is 8.75 Å². The van der Waals surface area contributed by atoms with Crippen molar-refractivity contribution in [2.45, 2.75) is 12.5 Å². The third kappa shape index (κ3) is 6.34. The average Bonchev–Trinajstić information content (AvgIpc) is 4.08. The van der Waals surface area contributed by atoms with Crippen LogP contribution in [0.15, 0.2) is 194 Å². The van der Waals surface area contributed by atoms with Gasteiger partial charge in [-0.1, -0.05) is 115 Å². The second-order valence-corrected chi connectivity index (χ2v) is 16.7. The summed E-state index contributed by atoms with van der Waals surface area (Å²) in [5.41, 5.74) is 27.0. The van der Waals surface area contributed by atoms with Crippen LogP contribution in [0.2, 0.25) is 0 Å². The Hall–Kier alpha value is -7.46. The molecule has 0 bridgehead atoms. The van der Waals surface area contributed by atoms with Crippen LogP contribution < -0.4 is 21.3 Å². The maximum Gasteiger partial charge on any atom is 0.116 e. The van der Waals surface area contributed by atoms with Crippen molar-refractivity contribution in [2.24, 2.45) is 0 Å². The summed E-state index contributed by atoms with van der Waals surface area (Å²) >= 11 is 2.87. The van der Waals surface area contributed by atoms with Crippen LogP contribution in [0.5, 0.6) is 0 Å². The highest BCUT2D eigenvalue weighted by Gasteiger charge is 2.27. The van der Waals surface area contributed by atoms with Crippen LogP contribution >= 0.6 is 23.1 Å². The summed E-state index contributed by atoms with van der Waals surface area (Å²) in [7, 11) is 0. The number of benzene rings is 7. The van der Waals surface area contributed by atoms with Crippen LogP contribution in [0.1, 0.15) is 6.42 Å². The molecule has 0 fully saturated rings. The molecule has 0 radical (unpaired) electrons. The highest BCUT2D eigenvalue weighted by molar-refractivity contribution is 7.19. The van der Waals surface area contributed by atoms with E-state index in [1.54, 1.807) is 11.3 Å². The van der Waals surface area contributed by atoms with Gasteiger partial charge in [-0.3, -0.25) is 0 Å². The summed E-state index contributed by atoms with van der Waals surface area (Å²) in [6.45, 7) is 0. The number of nitrogen functional groups attached to an aromatic ring is 2. The minimum atomic E-state index is 0.0826. The van der Waals surface area contributed by atoms with E-state index in [1.165, 1.54) is 39.2 Å². The van der Waals surface area contributed by atoms with Gasteiger partial charge in [0.2, 0.25) is 0 Å². The Kier molecular flexibility index (Phi) is 9.18. The Labute approximate surface area is 361 Å². The lowest BCUT2D eigenvalue weighted by molar-refractivity contribution is 0.789. The van der Waals surface area contributed by atoms with Crippen LogP contribution in [0.4, 0.5) is 39.1 Å². The highest BCUT2D eigenvalue weighted by atomic mass is 32.1. The molecule has 61 heavy (non-hydrogen) atoms. The smallest absolute Gasteiger partial charge is 0.116 e. The lowest BCUT2D eigenvalue weighted by atomic mass is 9.96. The Morgan fingerprint density at radius 3 is 1.66 bits per heavy atom. The van der Waals surface area contributed by atoms with Crippen LogP contribution in [0.25, 0.3) is 60.1 Å². The maximum atomic E-state index is 7.06. The highest BCUT2D eigenvalue weighted by Crippen LogP contribution is 2.49. The number of allylic oxidation sites excluding steroid dienone is 2. The van der Waals surface area contributed by atoms with E-state index in [2.05, 4.69) is 196 Å². The third-order valence-corrected chi connectivity index (χ3v) is 13.2. The van der Waals surface area contributed by atoms with Crippen molar-refractivity contribution < 1.29 is 0 Å². The first-order valence-corrected chi connectivity index (χ1v) is 21.8. The zero-order valence-corrected chi connectivity index (χ0v) is 34.6. The lowest BCUT2D eigenvalue weighted by Gasteiger charge is -2.32. The molecule has 9 heteroatoms. The molecule has 0 spiro atoms. The zero-order chi connectivity index (χ0) is 40.9. The largest absolute Gasteiger partial charge is 0.396 e. The van der Waals surface area contributed by atoms with E-state index >= 15 is 0 Å². The van der Waals surface area contributed by atoms with E-state index in [0.29, 0.717) is 11.4 Å². The van der Waals surface area contributed by atoms with Crippen LogP contribution in [0, 0.1) is 0 Å². The van der Waals surface area contributed by atoms with Gasteiger partial charge in [-0.05, 0) is 90.9 Å². The Balaban J connectivity index is 0.938. The number of thiophene rings is 1. The summed E-state index contributed by atoms with van der Waals surface area (Å²) in [5, 5.41) is 3.62. The molecule has 294 valence electrons. The molecule has 7 aromatic carbocycles. The molecule has 11 rings (SSSR count). The van der Waals surface area contributed by atoms with Gasteiger partial charge in [0.25, 0.3) is 0 Å². The molecule has 7 nitrogen and oxygen atoms in total. The fraction of sp³-hybridized carbons (Fsp3) is 0.0385. The summed E-state index contributed by atoms with van der Waals surface area (Å²) in [6.07, 6.45) is 7.79. The van der Waals surface area contributed by atoms with Crippen LogP contribution in [0.3, 0.4) is 0 Å². The molecule has 3 heterocycles. The number of aromatic nitrogens is 3. The van der Waals surface area contributed by atoms with Gasteiger partial charge in [0.1, 0.15) is 11.0 Å². The number of rotatable bonds is 9. The third-order valence-electron chi connectivity index (χ3n) is 11.6. The van der Waals surface area contributed by atoms with E-state index < -0.39 is 0 Å². The first-order valence-electron chi connectivity index (χ1n) is 20.3. The lowest BCUT2D eigenvalue weighted by Crippen LogP contribution is -2.29. The van der Waals surface area contributed by atoms with Crippen LogP contribution in [-0.4, -0.2) is 19.4 Å². The van der Waals surface area contributed by atoms with Crippen molar-refractivity contribution in [3.8, 4) is 21.6 Å². The minimum absolute atomic E-state index is 0.0826. The predicted molar refractivity (Wildman–Crippen MR) is 260 cm³/mol. The standard InChI is InChI=1S/C52H39N7S2/c53-49-47(34-24-26-38(27-25-34)57(35-14-4-1-5-15-35)36-16-6-2-7-17-36)51-52(56-61-55-51)48(50(49)54)45-32-33-46(60-45)58(37-18-8-3-9-19-37)39-28-30-40(31-29-39)59-43-22-12-10-20-41(43)42-21-11-13-23-44(42)59/h1-28,30-33,39H,29,53-54H2. The average molecular weight is 826 g/mol. The molecule has 0 aliphatic heterocycles. The normalized spacial score (nSPS) is 13.8. The van der Waals surface area contributed by atoms with Crippen molar-refractivity contribution in [2.75, 3.05) is 21.3 Å².